The van der Waals surface area contributed by atoms with E-state index in [1.807, 2.05) is 6.08 Å². The standard InChI is InChI=1S/C22H30N2O3S/c1-3-16-8-10-17(11-9-16)14-20-22(26)24(15-21(25)23-12-13-27-2)18-6-4-5-7-19(18)28-20/h8-11,14,18-19H,3-7,12-13,15H2,1-2H3,(H,23,25)/b20-14+. The van der Waals surface area contributed by atoms with Gasteiger partial charge in [0, 0.05) is 24.9 Å². The lowest BCUT2D eigenvalue weighted by Gasteiger charge is -2.43. The Morgan fingerprint density at radius 3 is 2.75 bits per heavy atom. The number of nitrogens with one attached hydrogen (secondary N) is 1. The lowest BCUT2D eigenvalue weighted by Crippen LogP contribution is -2.54. The maximum Gasteiger partial charge on any atom is 0.261 e. The van der Waals surface area contributed by atoms with E-state index < -0.39 is 0 Å². The molecule has 1 aromatic rings. The van der Waals surface area contributed by atoms with Gasteiger partial charge in [0.05, 0.1) is 11.5 Å². The van der Waals surface area contributed by atoms with Crippen molar-refractivity contribution in [1.29, 1.82) is 0 Å². The van der Waals surface area contributed by atoms with Gasteiger partial charge in [-0.15, -0.1) is 11.8 Å². The van der Waals surface area contributed by atoms with Crippen LogP contribution in [0.3, 0.4) is 0 Å². The monoisotopic (exact) mass is 402 g/mol. The fourth-order valence-electron chi connectivity index (χ4n) is 3.87. The topological polar surface area (TPSA) is 58.6 Å². The maximum atomic E-state index is 13.2. The molecular weight excluding hydrogens is 372 g/mol. The predicted molar refractivity (Wildman–Crippen MR) is 114 cm³/mol. The fourth-order valence-corrected chi connectivity index (χ4v) is 5.34. The van der Waals surface area contributed by atoms with Crippen molar-refractivity contribution in [1.82, 2.24) is 10.2 Å². The second-order valence-corrected chi connectivity index (χ2v) is 8.67. The summed E-state index contributed by atoms with van der Waals surface area (Å²) < 4.78 is 4.98. The third kappa shape index (κ3) is 5.17. The molecule has 2 fully saturated rings. The molecule has 28 heavy (non-hydrogen) atoms. The van der Waals surface area contributed by atoms with Crippen LogP contribution in [0.15, 0.2) is 29.2 Å². The predicted octanol–water partition coefficient (Wildman–Crippen LogP) is 3.24. The Morgan fingerprint density at radius 2 is 2.04 bits per heavy atom. The summed E-state index contributed by atoms with van der Waals surface area (Å²) in [5.74, 6) is -0.136. The lowest BCUT2D eigenvalue weighted by molar-refractivity contribution is -0.135. The van der Waals surface area contributed by atoms with Gasteiger partial charge < -0.3 is 15.0 Å². The molecule has 5 nitrogen and oxygen atoms in total. The van der Waals surface area contributed by atoms with Gasteiger partial charge in [-0.2, -0.15) is 0 Å². The number of aryl methyl sites for hydroxylation is 1. The molecule has 152 valence electrons. The number of carbonyl (C=O) groups excluding carboxylic acids is 2. The first-order chi connectivity index (χ1) is 13.6. The summed E-state index contributed by atoms with van der Waals surface area (Å²) in [7, 11) is 1.61. The van der Waals surface area contributed by atoms with Crippen LogP contribution >= 0.6 is 11.8 Å². The zero-order valence-electron chi connectivity index (χ0n) is 16.8. The van der Waals surface area contributed by atoms with Gasteiger partial charge in [-0.3, -0.25) is 9.59 Å². The first kappa shape index (κ1) is 20.9. The molecule has 0 spiro atoms. The number of fused-ring (bicyclic) bond motifs is 1. The summed E-state index contributed by atoms with van der Waals surface area (Å²) in [4.78, 5) is 28.1. The second kappa shape index (κ2) is 10.1. The first-order valence-electron chi connectivity index (χ1n) is 10.2. The van der Waals surface area contributed by atoms with Crippen molar-refractivity contribution in [3.63, 3.8) is 0 Å². The highest BCUT2D eigenvalue weighted by atomic mass is 32.2. The summed E-state index contributed by atoms with van der Waals surface area (Å²) in [5, 5.41) is 3.21. The Labute approximate surface area is 171 Å². The van der Waals surface area contributed by atoms with Crippen LogP contribution in [0.4, 0.5) is 0 Å². The Morgan fingerprint density at radius 1 is 1.29 bits per heavy atom. The SMILES string of the molecule is CCc1ccc(/C=C2/SC3CCCCC3N(CC(=O)NCCOC)C2=O)cc1. The van der Waals surface area contributed by atoms with Crippen LogP contribution in [0.2, 0.25) is 0 Å². The van der Waals surface area contributed by atoms with Gasteiger partial charge in [0.15, 0.2) is 0 Å². The molecule has 0 aromatic heterocycles. The van der Waals surface area contributed by atoms with Crippen molar-refractivity contribution in [3.8, 4) is 0 Å². The minimum atomic E-state index is -0.117. The quantitative estimate of drug-likeness (QED) is 0.562. The van der Waals surface area contributed by atoms with Crippen molar-refractivity contribution in [3.05, 3.63) is 40.3 Å². The molecule has 0 bridgehead atoms. The molecule has 0 radical (unpaired) electrons. The number of hydrogen-bond acceptors (Lipinski definition) is 4. The van der Waals surface area contributed by atoms with E-state index in [0.29, 0.717) is 18.4 Å². The van der Waals surface area contributed by atoms with Crippen LogP contribution in [-0.4, -0.2) is 54.8 Å². The number of benzene rings is 1. The number of nitrogens with zero attached hydrogens (tertiary/aromatic N) is 1. The minimum absolute atomic E-state index is 0.0189. The number of carbonyl (C=O) groups is 2. The number of hydrogen-bond donors (Lipinski definition) is 1. The molecule has 1 heterocycles. The van der Waals surface area contributed by atoms with Crippen molar-refractivity contribution >= 4 is 29.7 Å². The number of ether oxygens (including phenoxy) is 1. The zero-order chi connectivity index (χ0) is 19.9. The number of amides is 2. The van der Waals surface area contributed by atoms with E-state index >= 15 is 0 Å². The van der Waals surface area contributed by atoms with Gasteiger partial charge in [-0.1, -0.05) is 44.0 Å². The van der Waals surface area contributed by atoms with E-state index in [1.165, 1.54) is 12.0 Å². The van der Waals surface area contributed by atoms with Crippen LogP contribution in [0, 0.1) is 0 Å². The van der Waals surface area contributed by atoms with Crippen LogP contribution in [0.1, 0.15) is 43.7 Å². The van der Waals surface area contributed by atoms with E-state index in [1.54, 1.807) is 23.8 Å². The smallest absolute Gasteiger partial charge is 0.261 e. The van der Waals surface area contributed by atoms with E-state index in [0.717, 1.165) is 36.2 Å². The highest BCUT2D eigenvalue weighted by Crippen LogP contribution is 2.42. The van der Waals surface area contributed by atoms with Crippen molar-refractivity contribution in [2.75, 3.05) is 26.8 Å². The summed E-state index contributed by atoms with van der Waals surface area (Å²) in [6, 6.07) is 8.49. The molecule has 1 aliphatic heterocycles. The third-order valence-corrected chi connectivity index (χ3v) is 6.85. The molecule has 1 aromatic carbocycles. The molecule has 3 rings (SSSR count). The Bertz CT molecular complexity index is 717. The Balaban J connectivity index is 1.77. The van der Waals surface area contributed by atoms with E-state index in [9.17, 15) is 9.59 Å². The highest BCUT2D eigenvalue weighted by Gasteiger charge is 2.41. The lowest BCUT2D eigenvalue weighted by atomic mass is 9.93. The van der Waals surface area contributed by atoms with E-state index in [-0.39, 0.29) is 24.4 Å². The van der Waals surface area contributed by atoms with Crippen molar-refractivity contribution in [2.24, 2.45) is 0 Å². The van der Waals surface area contributed by atoms with Crippen LogP contribution in [0.25, 0.3) is 6.08 Å². The normalized spacial score (nSPS) is 23.6. The zero-order valence-corrected chi connectivity index (χ0v) is 17.6. The second-order valence-electron chi connectivity index (χ2n) is 7.39. The summed E-state index contributed by atoms with van der Waals surface area (Å²) in [6.45, 7) is 3.19. The molecule has 2 unspecified atom stereocenters. The molecule has 6 heteroatoms. The molecule has 1 saturated heterocycles. The van der Waals surface area contributed by atoms with Crippen molar-refractivity contribution in [2.45, 2.75) is 50.3 Å². The molecule has 2 amide bonds. The van der Waals surface area contributed by atoms with E-state index in [4.69, 9.17) is 4.74 Å². The Hall–Kier alpha value is -1.79. The van der Waals surface area contributed by atoms with Gasteiger partial charge >= 0.3 is 0 Å². The van der Waals surface area contributed by atoms with Crippen LogP contribution in [0.5, 0.6) is 0 Å². The summed E-state index contributed by atoms with van der Waals surface area (Å²) in [5.41, 5.74) is 2.32. The third-order valence-electron chi connectivity index (χ3n) is 5.45. The number of rotatable bonds is 7. The molecular formula is C22H30N2O3S. The largest absolute Gasteiger partial charge is 0.383 e. The number of methoxy groups -OCH3 is 1. The van der Waals surface area contributed by atoms with Gasteiger partial charge in [-0.05, 0) is 36.5 Å². The first-order valence-corrected chi connectivity index (χ1v) is 11.0. The molecule has 2 atom stereocenters. The Kier molecular flexibility index (Phi) is 7.57. The van der Waals surface area contributed by atoms with Crippen molar-refractivity contribution < 1.29 is 14.3 Å². The number of thioether (sulfide) groups is 1. The average Bonchev–Trinajstić information content (AvgIpc) is 2.72. The van der Waals surface area contributed by atoms with Gasteiger partial charge in [0.25, 0.3) is 5.91 Å². The summed E-state index contributed by atoms with van der Waals surface area (Å²) in [6.07, 6.45) is 7.36. The highest BCUT2D eigenvalue weighted by molar-refractivity contribution is 8.04. The van der Waals surface area contributed by atoms with Gasteiger partial charge in [0.1, 0.15) is 6.54 Å². The average molecular weight is 403 g/mol. The molecule has 1 aliphatic carbocycles. The van der Waals surface area contributed by atoms with Gasteiger partial charge in [0.2, 0.25) is 5.91 Å². The molecule has 2 aliphatic rings. The molecule has 1 saturated carbocycles. The minimum Gasteiger partial charge on any atom is -0.383 e. The van der Waals surface area contributed by atoms with E-state index in [2.05, 4.69) is 36.5 Å². The van der Waals surface area contributed by atoms with Crippen LogP contribution < -0.4 is 5.32 Å². The summed E-state index contributed by atoms with van der Waals surface area (Å²) >= 11 is 1.70. The van der Waals surface area contributed by atoms with Crippen LogP contribution in [-0.2, 0) is 20.7 Å². The van der Waals surface area contributed by atoms with Gasteiger partial charge in [-0.25, -0.2) is 0 Å². The fraction of sp³-hybridized carbons (Fsp3) is 0.545. The maximum absolute atomic E-state index is 13.2. The molecule has 1 N–H and O–H groups in total.